The molecule has 0 aliphatic heterocycles. The van der Waals surface area contributed by atoms with Gasteiger partial charge >= 0.3 is 0 Å². The number of nitrogens with one attached hydrogen (secondary N) is 2. The van der Waals surface area contributed by atoms with Gasteiger partial charge < -0.3 is 15.3 Å². The quantitative estimate of drug-likeness (QED) is 0.591. The number of aryl methyl sites for hydroxylation is 1. The van der Waals surface area contributed by atoms with Gasteiger partial charge in [0.15, 0.2) is 0 Å². The first kappa shape index (κ1) is 18.4. The van der Waals surface area contributed by atoms with Crippen LogP contribution in [0.3, 0.4) is 0 Å². The van der Waals surface area contributed by atoms with Crippen LogP contribution in [0.15, 0.2) is 30.5 Å². The Bertz CT molecular complexity index is 722. The molecule has 2 N–H and O–H groups in total. The molecule has 0 spiro atoms. The summed E-state index contributed by atoms with van der Waals surface area (Å²) in [6.07, 6.45) is 1.79. The molecule has 2 aromatic rings. The average Bonchev–Trinajstić information content (AvgIpc) is 2.55. The summed E-state index contributed by atoms with van der Waals surface area (Å²) in [5.41, 5.74) is 5.16. The number of rotatable bonds is 7. The Morgan fingerprint density at radius 1 is 1.12 bits per heavy atom. The van der Waals surface area contributed by atoms with Gasteiger partial charge in [-0.05, 0) is 44.5 Å². The van der Waals surface area contributed by atoms with Gasteiger partial charge in [-0.25, -0.2) is 9.99 Å². The van der Waals surface area contributed by atoms with E-state index >= 15 is 0 Å². The van der Waals surface area contributed by atoms with Gasteiger partial charge in [-0.3, -0.25) is 0 Å². The Morgan fingerprint density at radius 3 is 2.29 bits per heavy atom. The van der Waals surface area contributed by atoms with Crippen molar-refractivity contribution >= 4 is 29.9 Å². The average molecular weight is 347 g/mol. The molecule has 0 saturated heterocycles. The van der Waals surface area contributed by atoms with E-state index in [0.29, 0.717) is 5.95 Å². The Hall–Kier alpha value is -1.91. The Morgan fingerprint density at radius 2 is 1.75 bits per heavy atom. The van der Waals surface area contributed by atoms with Crippen LogP contribution in [0.5, 0.6) is 0 Å². The van der Waals surface area contributed by atoms with Gasteiger partial charge in [0.25, 0.3) is 0 Å². The van der Waals surface area contributed by atoms with Crippen LogP contribution in [0.2, 0.25) is 0 Å². The van der Waals surface area contributed by atoms with E-state index in [9.17, 15) is 4.57 Å². The second-order valence-electron chi connectivity index (χ2n) is 6.03. The normalized spacial score (nSPS) is 11.6. The lowest BCUT2D eigenvalue weighted by molar-refractivity contribution is 0.365. The first-order chi connectivity index (χ1) is 11.3. The summed E-state index contributed by atoms with van der Waals surface area (Å²) in [4.78, 5) is 8.87. The number of hydrogen-bond acceptors (Lipinski definition) is 6. The number of hydrogen-bond donors (Lipinski definition) is 2. The van der Waals surface area contributed by atoms with Gasteiger partial charge in [0, 0.05) is 35.8 Å². The van der Waals surface area contributed by atoms with E-state index in [1.165, 1.54) is 0 Å². The third-order valence-corrected chi connectivity index (χ3v) is 5.29. The number of benzene rings is 1. The predicted molar refractivity (Wildman–Crippen MR) is 102 cm³/mol. The monoisotopic (exact) mass is 347 g/mol. The summed E-state index contributed by atoms with van der Waals surface area (Å²) >= 11 is 0. The van der Waals surface area contributed by atoms with E-state index in [2.05, 4.69) is 39.6 Å². The van der Waals surface area contributed by atoms with E-state index in [1.54, 1.807) is 19.5 Å². The summed E-state index contributed by atoms with van der Waals surface area (Å²) in [6.45, 7) is 11.5. The minimum Gasteiger partial charge on any atom is -0.324 e. The lowest BCUT2D eigenvalue weighted by Crippen LogP contribution is -2.30. The molecule has 0 bridgehead atoms. The van der Waals surface area contributed by atoms with Crippen LogP contribution in [0, 0.1) is 6.92 Å². The first-order valence-corrected chi connectivity index (χ1v) is 10.7. The lowest BCUT2D eigenvalue weighted by Gasteiger charge is -2.21. The minimum atomic E-state index is -2.23. The van der Waals surface area contributed by atoms with Crippen molar-refractivity contribution in [2.75, 3.05) is 37.2 Å². The molecule has 6 nitrogen and oxygen atoms in total. The van der Waals surface area contributed by atoms with E-state index in [-0.39, 0.29) is 0 Å². The molecule has 0 fully saturated rings. The molecule has 24 heavy (non-hydrogen) atoms. The largest absolute Gasteiger partial charge is 0.324 e. The summed E-state index contributed by atoms with van der Waals surface area (Å²) in [5.74, 6) is 1.32. The van der Waals surface area contributed by atoms with Crippen LogP contribution in [-0.2, 0) is 4.57 Å². The summed E-state index contributed by atoms with van der Waals surface area (Å²) in [6, 6.07) is 7.56. The van der Waals surface area contributed by atoms with Gasteiger partial charge in [-0.1, -0.05) is 13.8 Å². The van der Waals surface area contributed by atoms with Crippen molar-refractivity contribution < 1.29 is 4.57 Å². The standard InChI is InChI=1S/C17H26N5OP/c1-6-22(7-2)21-16-13(3)12-18-17(20-16)19-14-8-10-15(11-9-14)24(4,5)23/h8-12H,6-7H2,1-5H3,(H2,18,19,20,21). The fraction of sp³-hybridized carbons (Fsp3) is 0.412. The van der Waals surface area contributed by atoms with E-state index in [1.807, 2.05) is 31.2 Å². The second-order valence-corrected chi connectivity index (χ2v) is 9.25. The highest BCUT2D eigenvalue weighted by molar-refractivity contribution is 7.70. The number of aromatic nitrogens is 2. The maximum absolute atomic E-state index is 12.1. The number of anilines is 3. The molecule has 130 valence electrons. The maximum atomic E-state index is 12.1. The topological polar surface area (TPSA) is 70.2 Å². The van der Waals surface area contributed by atoms with Crippen molar-refractivity contribution in [1.29, 1.82) is 0 Å². The minimum absolute atomic E-state index is 0.527. The highest BCUT2D eigenvalue weighted by Crippen LogP contribution is 2.34. The second kappa shape index (κ2) is 7.77. The molecule has 1 aromatic carbocycles. The smallest absolute Gasteiger partial charge is 0.229 e. The summed E-state index contributed by atoms with van der Waals surface area (Å²) in [5, 5.41) is 6.13. The molecule has 0 amide bonds. The van der Waals surface area contributed by atoms with Gasteiger partial charge in [0.05, 0.1) is 0 Å². The Labute approximate surface area is 144 Å². The number of nitrogens with zero attached hydrogens (tertiary/aromatic N) is 3. The molecule has 0 saturated carbocycles. The summed E-state index contributed by atoms with van der Waals surface area (Å²) in [7, 11) is -2.23. The Kier molecular flexibility index (Phi) is 5.97. The van der Waals surface area contributed by atoms with Gasteiger partial charge in [0.2, 0.25) is 5.95 Å². The molecule has 1 aromatic heterocycles. The van der Waals surface area contributed by atoms with Crippen molar-refractivity contribution in [2.45, 2.75) is 20.8 Å². The fourth-order valence-corrected chi connectivity index (χ4v) is 3.05. The zero-order valence-corrected chi connectivity index (χ0v) is 15.9. The van der Waals surface area contributed by atoms with Crippen molar-refractivity contribution in [3.63, 3.8) is 0 Å². The van der Waals surface area contributed by atoms with Crippen molar-refractivity contribution in [3.05, 3.63) is 36.0 Å². The highest BCUT2D eigenvalue weighted by Gasteiger charge is 2.11. The van der Waals surface area contributed by atoms with Crippen LogP contribution >= 0.6 is 7.14 Å². The molecule has 1 heterocycles. The molecule has 0 atom stereocenters. The van der Waals surface area contributed by atoms with Crippen LogP contribution < -0.4 is 16.0 Å². The summed E-state index contributed by atoms with van der Waals surface area (Å²) < 4.78 is 12.1. The van der Waals surface area contributed by atoms with E-state index < -0.39 is 7.14 Å². The SMILES string of the molecule is CCN(CC)Nc1nc(Nc2ccc(P(C)(C)=O)cc2)ncc1C. The highest BCUT2D eigenvalue weighted by atomic mass is 31.2. The molecular formula is C17H26N5OP. The van der Waals surface area contributed by atoms with E-state index in [0.717, 1.165) is 35.5 Å². The van der Waals surface area contributed by atoms with E-state index in [4.69, 9.17) is 0 Å². The third-order valence-electron chi connectivity index (χ3n) is 3.74. The molecule has 0 aliphatic carbocycles. The number of hydrazine groups is 1. The van der Waals surface area contributed by atoms with Crippen molar-refractivity contribution in [1.82, 2.24) is 15.0 Å². The van der Waals surface area contributed by atoms with Crippen LogP contribution in [0.25, 0.3) is 0 Å². The first-order valence-electron chi connectivity index (χ1n) is 8.11. The Balaban J connectivity index is 2.16. The van der Waals surface area contributed by atoms with Crippen LogP contribution in [0.4, 0.5) is 17.5 Å². The fourth-order valence-electron chi connectivity index (χ4n) is 2.18. The molecule has 0 radical (unpaired) electrons. The zero-order chi connectivity index (χ0) is 17.7. The van der Waals surface area contributed by atoms with Crippen LogP contribution in [0.1, 0.15) is 19.4 Å². The zero-order valence-electron chi connectivity index (χ0n) is 15.0. The van der Waals surface area contributed by atoms with Crippen molar-refractivity contribution in [3.8, 4) is 0 Å². The van der Waals surface area contributed by atoms with Gasteiger partial charge in [-0.15, -0.1) is 0 Å². The lowest BCUT2D eigenvalue weighted by atomic mass is 10.3. The van der Waals surface area contributed by atoms with Crippen LogP contribution in [-0.4, -0.2) is 41.4 Å². The molecule has 0 unspecified atom stereocenters. The van der Waals surface area contributed by atoms with Crippen molar-refractivity contribution in [2.24, 2.45) is 0 Å². The molecular weight excluding hydrogens is 321 g/mol. The molecule has 7 heteroatoms. The maximum Gasteiger partial charge on any atom is 0.229 e. The third kappa shape index (κ3) is 4.79. The van der Waals surface area contributed by atoms with Gasteiger partial charge in [0.1, 0.15) is 13.0 Å². The predicted octanol–water partition coefficient (Wildman–Crippen LogP) is 3.45. The van der Waals surface area contributed by atoms with Gasteiger partial charge in [-0.2, -0.15) is 4.98 Å². The molecule has 0 aliphatic rings. The molecule has 2 rings (SSSR count).